The molecule has 0 aromatic carbocycles. The minimum absolute atomic E-state index is 0. The number of nitrogens with two attached hydrogens (primary N) is 1. The van der Waals surface area contributed by atoms with Crippen molar-refractivity contribution in [2.75, 3.05) is 0 Å². The smallest absolute Gasteiger partial charge is 1.00 e. The minimum atomic E-state index is -1.21. The first-order chi connectivity index (χ1) is 5.07. The zero-order valence-electron chi connectivity index (χ0n) is 7.78. The number of carboxylic acid groups (broad SMARTS) is 1. The molecule has 0 rings (SSSR count). The average molecular weight is 186 g/mol. The standard InChI is InChI=1S/C5H10N2O4.Na.H/c6-4(8)2-1-3(7-11)5(9)10;;/h3,7,11H,1-2H2,(H2,6,8)(H,9,10);;/q;+1;-1/t3-;;/m0../s1. The molecule has 0 saturated carbocycles. The van der Waals surface area contributed by atoms with Crippen molar-refractivity contribution in [3.8, 4) is 0 Å². The van der Waals surface area contributed by atoms with Gasteiger partial charge in [0.2, 0.25) is 5.91 Å². The molecule has 7 heteroatoms. The Bertz CT molecular complexity index is 169. The van der Waals surface area contributed by atoms with E-state index >= 15 is 0 Å². The second-order valence-corrected chi connectivity index (χ2v) is 2.02. The van der Waals surface area contributed by atoms with E-state index in [4.69, 9.17) is 16.0 Å². The van der Waals surface area contributed by atoms with Crippen molar-refractivity contribution in [1.29, 1.82) is 0 Å². The molecule has 0 aromatic heterocycles. The van der Waals surface area contributed by atoms with Crippen LogP contribution in [0.1, 0.15) is 14.3 Å². The molecule has 1 atom stereocenters. The first-order valence-electron chi connectivity index (χ1n) is 2.98. The SMILES string of the molecule is NC(=O)CC[C@H](NO)C(=O)O.[H-].[Na+]. The maximum atomic E-state index is 10.2. The third-order valence-electron chi connectivity index (χ3n) is 1.13. The number of aliphatic carboxylic acids is 1. The summed E-state index contributed by atoms with van der Waals surface area (Å²) in [4.78, 5) is 20.3. The van der Waals surface area contributed by atoms with Crippen LogP contribution in [0.2, 0.25) is 0 Å². The molecule has 5 N–H and O–H groups in total. The molecular weight excluding hydrogens is 175 g/mol. The van der Waals surface area contributed by atoms with Gasteiger partial charge in [-0.15, -0.1) is 0 Å². The van der Waals surface area contributed by atoms with Crippen molar-refractivity contribution < 1.29 is 50.9 Å². The van der Waals surface area contributed by atoms with Crippen molar-refractivity contribution in [3.63, 3.8) is 0 Å². The second-order valence-electron chi connectivity index (χ2n) is 2.02. The molecule has 0 unspecified atom stereocenters. The van der Waals surface area contributed by atoms with Crippen LogP contribution in [0.4, 0.5) is 0 Å². The number of hydrogen-bond acceptors (Lipinski definition) is 4. The fourth-order valence-corrected chi connectivity index (χ4v) is 0.530. The Balaban J connectivity index is -0.000000500. The molecule has 0 fully saturated rings. The number of hydroxylamine groups is 1. The number of amides is 1. The maximum Gasteiger partial charge on any atom is 1.00 e. The Labute approximate surface area is 92.9 Å². The molecule has 1 amide bonds. The number of carbonyl (C=O) groups is 2. The van der Waals surface area contributed by atoms with Gasteiger partial charge in [-0.2, -0.15) is 5.48 Å². The first-order valence-corrected chi connectivity index (χ1v) is 2.98. The largest absolute Gasteiger partial charge is 1.00 e. The minimum Gasteiger partial charge on any atom is -1.00 e. The monoisotopic (exact) mass is 186 g/mol. The molecule has 0 radical (unpaired) electrons. The summed E-state index contributed by atoms with van der Waals surface area (Å²) in [6.45, 7) is 0. The Morgan fingerprint density at radius 1 is 1.58 bits per heavy atom. The van der Waals surface area contributed by atoms with Gasteiger partial charge in [-0.05, 0) is 6.42 Å². The Kier molecular flexibility index (Phi) is 9.00. The molecule has 0 aliphatic rings. The van der Waals surface area contributed by atoms with Crippen LogP contribution in [0, 0.1) is 0 Å². The summed E-state index contributed by atoms with van der Waals surface area (Å²) in [5.41, 5.74) is 6.30. The molecule has 0 aliphatic carbocycles. The summed E-state index contributed by atoms with van der Waals surface area (Å²) in [5.74, 6) is -1.81. The van der Waals surface area contributed by atoms with Gasteiger partial charge in [-0.25, -0.2) is 0 Å². The molecule has 12 heavy (non-hydrogen) atoms. The molecular formula is C5H11N2NaO4. The van der Waals surface area contributed by atoms with Crippen molar-refractivity contribution >= 4 is 11.9 Å². The van der Waals surface area contributed by atoms with Crippen LogP contribution in [0.5, 0.6) is 0 Å². The van der Waals surface area contributed by atoms with E-state index in [9.17, 15) is 9.59 Å². The fourth-order valence-electron chi connectivity index (χ4n) is 0.530. The zero-order chi connectivity index (χ0) is 8.85. The number of carbonyl (C=O) groups excluding carboxylic acids is 1. The Hall–Kier alpha value is -0.140. The summed E-state index contributed by atoms with van der Waals surface area (Å²) in [7, 11) is 0. The summed E-state index contributed by atoms with van der Waals surface area (Å²) in [6.07, 6.45) is -0.0777. The second kappa shape index (κ2) is 7.51. The van der Waals surface area contributed by atoms with E-state index in [0.717, 1.165) is 0 Å². The summed E-state index contributed by atoms with van der Waals surface area (Å²) in [6, 6.07) is -1.12. The average Bonchev–Trinajstić information content (AvgIpc) is 1.87. The van der Waals surface area contributed by atoms with Gasteiger partial charge < -0.3 is 17.5 Å². The maximum absolute atomic E-state index is 10.2. The Morgan fingerprint density at radius 3 is 2.33 bits per heavy atom. The van der Waals surface area contributed by atoms with E-state index in [1.54, 1.807) is 5.48 Å². The third kappa shape index (κ3) is 6.56. The van der Waals surface area contributed by atoms with Gasteiger partial charge in [0.05, 0.1) is 0 Å². The number of primary amides is 1. The van der Waals surface area contributed by atoms with Gasteiger partial charge in [-0.1, -0.05) is 0 Å². The molecule has 6 nitrogen and oxygen atoms in total. The van der Waals surface area contributed by atoms with Gasteiger partial charge in [0.15, 0.2) is 0 Å². The van der Waals surface area contributed by atoms with Crippen LogP contribution in [0.15, 0.2) is 0 Å². The van der Waals surface area contributed by atoms with Crippen LogP contribution < -0.4 is 40.8 Å². The van der Waals surface area contributed by atoms with Crippen LogP contribution in [0.25, 0.3) is 0 Å². The van der Waals surface area contributed by atoms with Crippen molar-refractivity contribution in [3.05, 3.63) is 0 Å². The quantitative estimate of drug-likeness (QED) is 0.257. The van der Waals surface area contributed by atoms with Gasteiger partial charge >= 0.3 is 35.5 Å². The first kappa shape index (κ1) is 14.4. The van der Waals surface area contributed by atoms with Gasteiger partial charge in [0.25, 0.3) is 0 Å². The fraction of sp³-hybridized carbons (Fsp3) is 0.600. The van der Waals surface area contributed by atoms with Crippen molar-refractivity contribution in [2.24, 2.45) is 5.73 Å². The molecule has 0 saturated heterocycles. The molecule has 0 spiro atoms. The molecule has 0 aliphatic heterocycles. The number of hydrogen-bond donors (Lipinski definition) is 4. The number of rotatable bonds is 5. The zero-order valence-corrected chi connectivity index (χ0v) is 8.78. The van der Waals surface area contributed by atoms with E-state index in [1.807, 2.05) is 0 Å². The van der Waals surface area contributed by atoms with Gasteiger partial charge in [-0.3, -0.25) is 9.59 Å². The Morgan fingerprint density at radius 2 is 2.08 bits per heavy atom. The normalized spacial score (nSPS) is 11.4. The van der Waals surface area contributed by atoms with E-state index in [-0.39, 0.29) is 43.8 Å². The summed E-state index contributed by atoms with van der Waals surface area (Å²) >= 11 is 0. The molecule has 0 bridgehead atoms. The molecule has 0 aromatic rings. The van der Waals surface area contributed by atoms with E-state index in [1.165, 1.54) is 0 Å². The molecule has 0 heterocycles. The van der Waals surface area contributed by atoms with E-state index < -0.39 is 17.9 Å². The predicted molar refractivity (Wildman–Crippen MR) is 35.9 cm³/mol. The number of nitrogens with one attached hydrogen (secondary N) is 1. The van der Waals surface area contributed by atoms with Gasteiger partial charge in [0, 0.05) is 6.42 Å². The number of carboxylic acids is 1. The molecule has 66 valence electrons. The van der Waals surface area contributed by atoms with Crippen LogP contribution >= 0.6 is 0 Å². The van der Waals surface area contributed by atoms with Gasteiger partial charge in [0.1, 0.15) is 6.04 Å². The van der Waals surface area contributed by atoms with Crippen molar-refractivity contribution in [1.82, 2.24) is 5.48 Å². The van der Waals surface area contributed by atoms with E-state index in [0.29, 0.717) is 0 Å². The van der Waals surface area contributed by atoms with E-state index in [2.05, 4.69) is 0 Å². The summed E-state index contributed by atoms with van der Waals surface area (Å²) < 4.78 is 0. The van der Waals surface area contributed by atoms with Crippen LogP contribution in [-0.4, -0.2) is 28.2 Å². The van der Waals surface area contributed by atoms with Crippen LogP contribution in [-0.2, 0) is 9.59 Å². The van der Waals surface area contributed by atoms with Crippen LogP contribution in [0.3, 0.4) is 0 Å². The van der Waals surface area contributed by atoms with Crippen molar-refractivity contribution in [2.45, 2.75) is 18.9 Å². The summed E-state index contributed by atoms with van der Waals surface area (Å²) in [5, 5.41) is 16.5. The predicted octanol–water partition coefficient (Wildman–Crippen LogP) is -4.20. The topological polar surface area (TPSA) is 113 Å². The third-order valence-corrected chi connectivity index (χ3v) is 1.13.